The van der Waals surface area contributed by atoms with E-state index in [0.717, 1.165) is 6.07 Å². The van der Waals surface area contributed by atoms with Crippen molar-refractivity contribution in [3.05, 3.63) is 82.9 Å². The van der Waals surface area contributed by atoms with Gasteiger partial charge in [-0.2, -0.15) is 13.2 Å². The van der Waals surface area contributed by atoms with E-state index in [4.69, 9.17) is 4.74 Å². The molecule has 0 radical (unpaired) electrons. The fourth-order valence-electron chi connectivity index (χ4n) is 4.61. The van der Waals surface area contributed by atoms with Crippen LogP contribution in [0.4, 0.5) is 24.5 Å². The minimum Gasteiger partial charge on any atom is -0.378 e. The van der Waals surface area contributed by atoms with Crippen molar-refractivity contribution in [1.82, 2.24) is 10.2 Å². The Balaban J connectivity index is 1.45. The number of hydrogen-bond acceptors (Lipinski definition) is 5. The van der Waals surface area contributed by atoms with Crippen molar-refractivity contribution in [2.45, 2.75) is 12.6 Å². The molecule has 0 aromatic heterocycles. The topological polar surface area (TPSA) is 83.0 Å². The van der Waals surface area contributed by atoms with E-state index in [2.05, 4.69) is 15.6 Å². The van der Waals surface area contributed by atoms with Gasteiger partial charge in [-0.1, -0.05) is 18.2 Å². The molecule has 2 amide bonds. The number of nitrogens with one attached hydrogen (secondary N) is 2. The maximum absolute atomic E-state index is 14.2. The van der Waals surface area contributed by atoms with Gasteiger partial charge in [0.15, 0.2) is 0 Å². The maximum Gasteiger partial charge on any atom is 0.417 e. The number of aliphatic imine (C=N–C) groups is 1. The number of ether oxygens (including phenoxy) is 1. The molecule has 196 valence electrons. The normalized spacial score (nSPS) is 15.1. The zero-order valence-electron chi connectivity index (χ0n) is 20.6. The van der Waals surface area contributed by atoms with Gasteiger partial charge in [-0.05, 0) is 59.2 Å². The minimum absolute atomic E-state index is 0.00839. The highest BCUT2D eigenvalue weighted by atomic mass is 19.4. The number of morpholine rings is 1. The molecule has 0 saturated carbocycles. The van der Waals surface area contributed by atoms with Gasteiger partial charge >= 0.3 is 6.18 Å². The fourth-order valence-corrected chi connectivity index (χ4v) is 4.61. The van der Waals surface area contributed by atoms with Gasteiger partial charge < -0.3 is 20.3 Å². The number of carbonyl (C=O) groups is 2. The zero-order valence-corrected chi connectivity index (χ0v) is 20.6. The van der Waals surface area contributed by atoms with Crippen LogP contribution in [0.2, 0.25) is 0 Å². The average Bonchev–Trinajstić information content (AvgIpc) is 3.33. The molecule has 1 saturated heterocycles. The van der Waals surface area contributed by atoms with Crippen LogP contribution in [0.15, 0.2) is 65.7 Å². The summed E-state index contributed by atoms with van der Waals surface area (Å²) >= 11 is 0. The molecule has 38 heavy (non-hydrogen) atoms. The number of hydrogen-bond donors (Lipinski definition) is 2. The lowest BCUT2D eigenvalue weighted by Crippen LogP contribution is -2.40. The number of carbonyl (C=O) groups excluding carboxylic acids is 2. The Morgan fingerprint density at radius 3 is 2.45 bits per heavy atom. The van der Waals surface area contributed by atoms with Gasteiger partial charge in [0.05, 0.1) is 24.5 Å². The highest BCUT2D eigenvalue weighted by Gasteiger charge is 2.36. The summed E-state index contributed by atoms with van der Waals surface area (Å²) in [6.07, 6.45) is -4.33. The number of rotatable bonds is 4. The van der Waals surface area contributed by atoms with Gasteiger partial charge in [0.1, 0.15) is 5.84 Å². The Hall–Kier alpha value is -4.18. The van der Waals surface area contributed by atoms with E-state index < -0.39 is 11.7 Å². The van der Waals surface area contributed by atoms with Gasteiger partial charge in [-0.15, -0.1) is 0 Å². The first kappa shape index (κ1) is 25.5. The third-order valence-electron chi connectivity index (χ3n) is 6.50. The van der Waals surface area contributed by atoms with Crippen LogP contribution in [0.25, 0.3) is 11.1 Å². The van der Waals surface area contributed by atoms with E-state index in [-0.39, 0.29) is 29.5 Å². The summed E-state index contributed by atoms with van der Waals surface area (Å²) in [7, 11) is 1.53. The van der Waals surface area contributed by atoms with Gasteiger partial charge in [-0.3, -0.25) is 9.59 Å². The molecule has 5 rings (SSSR count). The first-order valence-corrected chi connectivity index (χ1v) is 12.1. The first-order chi connectivity index (χ1) is 18.2. The lowest BCUT2D eigenvalue weighted by Gasteiger charge is -2.27. The Bertz CT molecular complexity index is 1430. The van der Waals surface area contributed by atoms with E-state index in [1.807, 2.05) is 0 Å². The van der Waals surface area contributed by atoms with Gasteiger partial charge in [0, 0.05) is 43.4 Å². The molecule has 0 bridgehead atoms. The molecule has 0 spiro atoms. The van der Waals surface area contributed by atoms with Crippen LogP contribution >= 0.6 is 0 Å². The standard InChI is InChI=1S/C28H25F3N4O3/c1-32-26(36)18-5-3-7-21(13-18)33-25-15-20-14-22(23(28(29,30)31)16-24(20)34-25)17-4-2-6-19(12-17)27(37)35-8-10-38-11-9-35/h2-7,12-14,16H,8-11,15H2,1H3,(H,32,36)(H,33,34). The number of amides is 2. The van der Waals surface area contributed by atoms with Gasteiger partial charge in [0.25, 0.3) is 11.8 Å². The second-order valence-corrected chi connectivity index (χ2v) is 9.03. The van der Waals surface area contributed by atoms with Crippen molar-refractivity contribution >= 4 is 29.0 Å². The van der Waals surface area contributed by atoms with Crippen molar-refractivity contribution in [3.63, 3.8) is 0 Å². The largest absolute Gasteiger partial charge is 0.417 e. The molecular formula is C28H25F3N4O3. The number of anilines is 1. The molecule has 3 aromatic carbocycles. The number of alkyl halides is 3. The second kappa shape index (κ2) is 10.3. The van der Waals surface area contributed by atoms with Crippen molar-refractivity contribution in [2.75, 3.05) is 38.7 Å². The molecule has 2 N–H and O–H groups in total. The molecule has 2 aliphatic rings. The number of benzene rings is 3. The molecule has 10 heteroatoms. The lowest BCUT2D eigenvalue weighted by atomic mass is 9.94. The first-order valence-electron chi connectivity index (χ1n) is 12.1. The summed E-state index contributed by atoms with van der Waals surface area (Å²) in [5.74, 6) is -0.0201. The Labute approximate surface area is 217 Å². The fraction of sp³-hybridized carbons (Fsp3) is 0.250. The van der Waals surface area contributed by atoms with E-state index >= 15 is 0 Å². The quantitative estimate of drug-likeness (QED) is 0.511. The Morgan fingerprint density at radius 2 is 1.71 bits per heavy atom. The summed E-state index contributed by atoms with van der Waals surface area (Å²) in [6.45, 7) is 1.74. The van der Waals surface area contributed by atoms with Crippen LogP contribution < -0.4 is 10.6 Å². The summed E-state index contributed by atoms with van der Waals surface area (Å²) in [4.78, 5) is 30.9. The second-order valence-electron chi connectivity index (χ2n) is 9.03. The molecule has 7 nitrogen and oxygen atoms in total. The predicted molar refractivity (Wildman–Crippen MR) is 138 cm³/mol. The predicted octanol–water partition coefficient (Wildman–Crippen LogP) is 4.90. The van der Waals surface area contributed by atoms with Crippen LogP contribution in [0.1, 0.15) is 31.8 Å². The van der Waals surface area contributed by atoms with Crippen LogP contribution in [-0.2, 0) is 17.3 Å². The third kappa shape index (κ3) is 5.26. The van der Waals surface area contributed by atoms with Crippen LogP contribution in [-0.4, -0.2) is 55.9 Å². The highest BCUT2D eigenvalue weighted by molar-refractivity contribution is 6.04. The Morgan fingerprint density at radius 1 is 0.974 bits per heavy atom. The zero-order chi connectivity index (χ0) is 26.9. The molecule has 1 fully saturated rings. The molecule has 2 heterocycles. The molecule has 3 aromatic rings. The van der Waals surface area contributed by atoms with E-state index in [9.17, 15) is 22.8 Å². The molecule has 0 atom stereocenters. The molecule has 0 unspecified atom stereocenters. The molecule has 2 aliphatic heterocycles. The molecule has 0 aliphatic carbocycles. The van der Waals surface area contributed by atoms with Gasteiger partial charge in [-0.25, -0.2) is 4.99 Å². The SMILES string of the molecule is CNC(=O)c1cccc(NC2=Nc3cc(C(F)(F)F)c(-c4cccc(C(=O)N5CCOCC5)c4)cc3C2)c1. The number of halogens is 3. The van der Waals surface area contributed by atoms with Crippen LogP contribution in [0.5, 0.6) is 0 Å². The highest BCUT2D eigenvalue weighted by Crippen LogP contribution is 2.42. The van der Waals surface area contributed by atoms with Gasteiger partial charge in [0.2, 0.25) is 0 Å². The minimum atomic E-state index is -4.62. The van der Waals surface area contributed by atoms with Crippen molar-refractivity contribution in [2.24, 2.45) is 4.99 Å². The van der Waals surface area contributed by atoms with E-state index in [1.165, 1.54) is 19.2 Å². The monoisotopic (exact) mass is 522 g/mol. The summed E-state index contributed by atoms with van der Waals surface area (Å²) < 4.78 is 47.8. The van der Waals surface area contributed by atoms with E-state index in [1.54, 1.807) is 47.4 Å². The third-order valence-corrected chi connectivity index (χ3v) is 6.50. The van der Waals surface area contributed by atoms with E-state index in [0.29, 0.717) is 60.1 Å². The Kier molecular flexibility index (Phi) is 6.90. The average molecular weight is 523 g/mol. The lowest BCUT2D eigenvalue weighted by molar-refractivity contribution is -0.137. The summed E-state index contributed by atoms with van der Waals surface area (Å²) in [5, 5.41) is 5.67. The molecular weight excluding hydrogens is 497 g/mol. The van der Waals surface area contributed by atoms with Crippen LogP contribution in [0, 0.1) is 0 Å². The number of amidine groups is 1. The van der Waals surface area contributed by atoms with Crippen molar-refractivity contribution in [1.29, 1.82) is 0 Å². The van der Waals surface area contributed by atoms with Crippen molar-refractivity contribution < 1.29 is 27.5 Å². The number of nitrogens with zero attached hydrogens (tertiary/aromatic N) is 2. The summed E-state index contributed by atoms with van der Waals surface area (Å²) in [5.41, 5.74) is 1.70. The van der Waals surface area contributed by atoms with Crippen molar-refractivity contribution in [3.8, 4) is 11.1 Å². The maximum atomic E-state index is 14.2. The van der Waals surface area contributed by atoms with Crippen LogP contribution in [0.3, 0.4) is 0 Å². The smallest absolute Gasteiger partial charge is 0.378 e. The number of fused-ring (bicyclic) bond motifs is 1. The summed E-state index contributed by atoms with van der Waals surface area (Å²) in [6, 6.07) is 15.6.